The highest BCUT2D eigenvalue weighted by molar-refractivity contribution is 9.10. The number of rotatable bonds is 5. The largest absolute Gasteiger partial charge is 0.496 e. The van der Waals surface area contributed by atoms with Gasteiger partial charge in [0.1, 0.15) is 5.75 Å². The van der Waals surface area contributed by atoms with Gasteiger partial charge in [0.25, 0.3) is 0 Å². The Morgan fingerprint density at radius 1 is 1.62 bits per heavy atom. The summed E-state index contributed by atoms with van der Waals surface area (Å²) in [5, 5.41) is 6.29. The minimum absolute atomic E-state index is 0.0254. The molecule has 5 nitrogen and oxygen atoms in total. The zero-order chi connectivity index (χ0) is 15.2. The van der Waals surface area contributed by atoms with Crippen molar-refractivity contribution >= 4 is 21.8 Å². The summed E-state index contributed by atoms with van der Waals surface area (Å²) in [6, 6.07) is 5.86. The monoisotopic (exact) mass is 356 g/mol. The van der Waals surface area contributed by atoms with Gasteiger partial charge in [0, 0.05) is 19.0 Å². The second kappa shape index (κ2) is 7.77. The van der Waals surface area contributed by atoms with Gasteiger partial charge in [0.15, 0.2) is 0 Å². The van der Waals surface area contributed by atoms with Gasteiger partial charge in [-0.1, -0.05) is 6.07 Å². The standard InChI is InChI=1S/C15H21BrN2O3/c1-10(11-3-4-14(20-2)13(16)7-11)18-15(19)8-12-9-21-6-5-17-12/h3-4,7,10,12,17H,5-6,8-9H2,1-2H3,(H,18,19). The van der Waals surface area contributed by atoms with Crippen LogP contribution in [0.25, 0.3) is 0 Å². The van der Waals surface area contributed by atoms with Crippen molar-refractivity contribution in [2.45, 2.75) is 25.4 Å². The SMILES string of the molecule is COc1ccc(C(C)NC(=O)CC2COCCN2)cc1Br. The summed E-state index contributed by atoms with van der Waals surface area (Å²) in [6.07, 6.45) is 0.432. The molecule has 0 radical (unpaired) electrons. The quantitative estimate of drug-likeness (QED) is 0.847. The summed E-state index contributed by atoms with van der Waals surface area (Å²) in [5.74, 6) is 0.804. The van der Waals surface area contributed by atoms with Crippen LogP contribution >= 0.6 is 15.9 Å². The first-order chi connectivity index (χ1) is 10.1. The molecule has 1 aliphatic heterocycles. The number of carbonyl (C=O) groups excluding carboxylic acids is 1. The molecule has 2 atom stereocenters. The van der Waals surface area contributed by atoms with Gasteiger partial charge in [0.05, 0.1) is 30.8 Å². The Balaban J connectivity index is 1.89. The molecule has 0 spiro atoms. The predicted molar refractivity (Wildman–Crippen MR) is 84.5 cm³/mol. The summed E-state index contributed by atoms with van der Waals surface area (Å²) >= 11 is 3.46. The van der Waals surface area contributed by atoms with Gasteiger partial charge in [-0.15, -0.1) is 0 Å². The molecule has 1 aromatic carbocycles. The molecule has 1 amide bonds. The average Bonchev–Trinajstić information content (AvgIpc) is 2.48. The zero-order valence-electron chi connectivity index (χ0n) is 12.3. The van der Waals surface area contributed by atoms with Gasteiger partial charge in [-0.25, -0.2) is 0 Å². The minimum atomic E-state index is -0.0517. The molecular formula is C15H21BrN2O3. The number of nitrogens with one attached hydrogen (secondary N) is 2. The number of amides is 1. The van der Waals surface area contributed by atoms with Crippen molar-refractivity contribution in [3.05, 3.63) is 28.2 Å². The van der Waals surface area contributed by atoms with E-state index < -0.39 is 0 Å². The average molecular weight is 357 g/mol. The van der Waals surface area contributed by atoms with Gasteiger partial charge in [-0.3, -0.25) is 4.79 Å². The van der Waals surface area contributed by atoms with Gasteiger partial charge in [0.2, 0.25) is 5.91 Å². The van der Waals surface area contributed by atoms with Crippen molar-refractivity contribution in [1.29, 1.82) is 0 Å². The van der Waals surface area contributed by atoms with Crippen LogP contribution in [0.4, 0.5) is 0 Å². The molecule has 1 saturated heterocycles. The maximum atomic E-state index is 12.1. The van der Waals surface area contributed by atoms with Crippen molar-refractivity contribution in [2.24, 2.45) is 0 Å². The molecule has 2 N–H and O–H groups in total. The molecule has 21 heavy (non-hydrogen) atoms. The molecule has 1 aliphatic rings. The van der Waals surface area contributed by atoms with E-state index in [9.17, 15) is 4.79 Å². The Bertz CT molecular complexity index is 490. The molecule has 1 aromatic rings. The fourth-order valence-electron chi connectivity index (χ4n) is 2.31. The van der Waals surface area contributed by atoms with Crippen LogP contribution in [-0.2, 0) is 9.53 Å². The molecule has 2 rings (SSSR count). The van der Waals surface area contributed by atoms with E-state index in [2.05, 4.69) is 26.6 Å². The molecule has 116 valence electrons. The second-order valence-electron chi connectivity index (χ2n) is 5.11. The van der Waals surface area contributed by atoms with E-state index in [1.807, 2.05) is 25.1 Å². The van der Waals surface area contributed by atoms with E-state index in [-0.39, 0.29) is 18.0 Å². The summed E-state index contributed by atoms with van der Waals surface area (Å²) in [6.45, 7) is 4.08. The van der Waals surface area contributed by atoms with Crippen LogP contribution in [0.5, 0.6) is 5.75 Å². The van der Waals surface area contributed by atoms with Crippen molar-refractivity contribution in [1.82, 2.24) is 10.6 Å². The van der Waals surface area contributed by atoms with Crippen LogP contribution in [0, 0.1) is 0 Å². The highest BCUT2D eigenvalue weighted by atomic mass is 79.9. The number of hydrogen-bond acceptors (Lipinski definition) is 4. The van der Waals surface area contributed by atoms with E-state index in [1.54, 1.807) is 7.11 Å². The van der Waals surface area contributed by atoms with Crippen LogP contribution in [0.1, 0.15) is 24.9 Å². The van der Waals surface area contributed by atoms with E-state index in [0.29, 0.717) is 19.6 Å². The zero-order valence-corrected chi connectivity index (χ0v) is 13.9. The number of hydrogen-bond donors (Lipinski definition) is 2. The Hall–Kier alpha value is -1.11. The number of morpholine rings is 1. The molecule has 6 heteroatoms. The Morgan fingerprint density at radius 2 is 2.43 bits per heavy atom. The molecule has 0 aliphatic carbocycles. The van der Waals surface area contributed by atoms with Crippen LogP contribution in [0.3, 0.4) is 0 Å². The first kappa shape index (κ1) is 16.3. The fraction of sp³-hybridized carbons (Fsp3) is 0.533. The summed E-state index contributed by atoms with van der Waals surface area (Å²) in [4.78, 5) is 12.1. The van der Waals surface area contributed by atoms with Crippen molar-refractivity contribution in [2.75, 3.05) is 26.9 Å². The van der Waals surface area contributed by atoms with Crippen LogP contribution in [0.15, 0.2) is 22.7 Å². The Kier molecular flexibility index (Phi) is 6.02. The summed E-state index contributed by atoms with van der Waals surface area (Å²) in [5.41, 5.74) is 1.03. The smallest absolute Gasteiger partial charge is 0.222 e. The molecule has 0 bridgehead atoms. The first-order valence-electron chi connectivity index (χ1n) is 7.04. The first-order valence-corrected chi connectivity index (χ1v) is 7.83. The summed E-state index contributed by atoms with van der Waals surface area (Å²) in [7, 11) is 1.63. The third kappa shape index (κ3) is 4.69. The van der Waals surface area contributed by atoms with E-state index >= 15 is 0 Å². The molecule has 1 fully saturated rings. The normalized spacial score (nSPS) is 19.9. The predicted octanol–water partition coefficient (Wildman–Crippen LogP) is 2.01. The van der Waals surface area contributed by atoms with Crippen LogP contribution < -0.4 is 15.4 Å². The molecule has 0 aromatic heterocycles. The van der Waals surface area contributed by atoms with Crippen molar-refractivity contribution in [3.63, 3.8) is 0 Å². The Labute approximate surface area is 133 Å². The fourth-order valence-corrected chi connectivity index (χ4v) is 2.87. The van der Waals surface area contributed by atoms with Crippen LogP contribution in [0.2, 0.25) is 0 Å². The molecule has 0 saturated carbocycles. The van der Waals surface area contributed by atoms with Crippen LogP contribution in [-0.4, -0.2) is 38.8 Å². The van der Waals surface area contributed by atoms with E-state index in [0.717, 1.165) is 22.3 Å². The lowest BCUT2D eigenvalue weighted by atomic mass is 10.1. The molecule has 2 unspecified atom stereocenters. The molecule has 1 heterocycles. The highest BCUT2D eigenvalue weighted by Gasteiger charge is 2.18. The van der Waals surface area contributed by atoms with Gasteiger partial charge < -0.3 is 20.1 Å². The van der Waals surface area contributed by atoms with Gasteiger partial charge >= 0.3 is 0 Å². The minimum Gasteiger partial charge on any atom is -0.496 e. The number of methoxy groups -OCH3 is 1. The number of ether oxygens (including phenoxy) is 2. The lowest BCUT2D eigenvalue weighted by Gasteiger charge is -2.24. The maximum absolute atomic E-state index is 12.1. The highest BCUT2D eigenvalue weighted by Crippen LogP contribution is 2.27. The van der Waals surface area contributed by atoms with E-state index in [1.165, 1.54) is 0 Å². The molecular weight excluding hydrogens is 336 g/mol. The lowest BCUT2D eigenvalue weighted by Crippen LogP contribution is -2.44. The second-order valence-corrected chi connectivity index (χ2v) is 5.97. The lowest BCUT2D eigenvalue weighted by molar-refractivity contribution is -0.122. The number of carbonyl (C=O) groups is 1. The topological polar surface area (TPSA) is 59.6 Å². The number of halogens is 1. The third-order valence-electron chi connectivity index (χ3n) is 3.48. The van der Waals surface area contributed by atoms with E-state index in [4.69, 9.17) is 9.47 Å². The summed E-state index contributed by atoms with van der Waals surface area (Å²) < 4.78 is 11.4. The number of benzene rings is 1. The Morgan fingerprint density at radius 3 is 3.05 bits per heavy atom. The maximum Gasteiger partial charge on any atom is 0.222 e. The third-order valence-corrected chi connectivity index (χ3v) is 4.10. The van der Waals surface area contributed by atoms with Gasteiger partial charge in [-0.2, -0.15) is 0 Å². The van der Waals surface area contributed by atoms with Gasteiger partial charge in [-0.05, 0) is 40.5 Å². The van der Waals surface area contributed by atoms with Crippen molar-refractivity contribution < 1.29 is 14.3 Å². The van der Waals surface area contributed by atoms with Crippen molar-refractivity contribution in [3.8, 4) is 5.75 Å².